The molecule has 0 radical (unpaired) electrons. The van der Waals surface area contributed by atoms with Crippen molar-refractivity contribution in [2.24, 2.45) is 4.99 Å². The minimum atomic E-state index is -0.624. The number of hydrogen-bond donors (Lipinski definition) is 3. The van der Waals surface area contributed by atoms with Crippen LogP contribution in [0.1, 0.15) is 57.1 Å². The molecule has 26 heavy (non-hydrogen) atoms. The van der Waals surface area contributed by atoms with E-state index < -0.39 is 6.10 Å². The van der Waals surface area contributed by atoms with Gasteiger partial charge in [0.25, 0.3) is 0 Å². The Hall–Kier alpha value is -0.930. The van der Waals surface area contributed by atoms with Crippen molar-refractivity contribution in [2.75, 3.05) is 26.2 Å². The monoisotopic (exact) mass is 476 g/mol. The second-order valence-electron chi connectivity index (χ2n) is 6.43. The lowest BCUT2D eigenvalue weighted by Gasteiger charge is -2.17. The number of ether oxygens (including phenoxy) is 1. The quantitative estimate of drug-likeness (QED) is 0.177. The Morgan fingerprint density at radius 3 is 2.58 bits per heavy atom. The van der Waals surface area contributed by atoms with Gasteiger partial charge in [0.05, 0.1) is 25.4 Å². The van der Waals surface area contributed by atoms with Crippen molar-refractivity contribution < 1.29 is 9.84 Å². The van der Waals surface area contributed by atoms with Gasteiger partial charge in [-0.3, -0.25) is 9.98 Å². The van der Waals surface area contributed by atoms with Crippen LogP contribution in [0.5, 0.6) is 0 Å². The van der Waals surface area contributed by atoms with E-state index in [0.717, 1.165) is 12.1 Å². The Morgan fingerprint density at radius 1 is 1.23 bits per heavy atom. The Morgan fingerprint density at radius 2 is 1.92 bits per heavy atom. The molecule has 0 amide bonds. The molecule has 0 bridgehead atoms. The van der Waals surface area contributed by atoms with Gasteiger partial charge in [-0.05, 0) is 37.5 Å². The molecule has 6 nitrogen and oxygen atoms in total. The molecule has 7 heteroatoms. The molecule has 2 rings (SSSR count). The second kappa shape index (κ2) is 14.2. The number of nitrogens with one attached hydrogen (secondary N) is 2. The number of aromatic nitrogens is 1. The lowest BCUT2D eigenvalue weighted by atomic mass is 10.1. The van der Waals surface area contributed by atoms with Crippen molar-refractivity contribution in [3.8, 4) is 0 Å². The van der Waals surface area contributed by atoms with Crippen molar-refractivity contribution in [3.63, 3.8) is 0 Å². The average molecular weight is 476 g/mol. The van der Waals surface area contributed by atoms with Gasteiger partial charge in [0.1, 0.15) is 0 Å². The van der Waals surface area contributed by atoms with Gasteiger partial charge in [-0.15, -0.1) is 24.0 Å². The van der Waals surface area contributed by atoms with Gasteiger partial charge in [-0.2, -0.15) is 0 Å². The summed E-state index contributed by atoms with van der Waals surface area (Å²) in [6, 6.07) is 3.61. The molecule has 1 saturated carbocycles. The third-order valence-corrected chi connectivity index (χ3v) is 4.41. The first kappa shape index (κ1) is 23.1. The van der Waals surface area contributed by atoms with E-state index in [-0.39, 0.29) is 24.0 Å². The molecule has 148 valence electrons. The number of hydrogen-bond acceptors (Lipinski definition) is 4. The highest BCUT2D eigenvalue weighted by atomic mass is 127. The van der Waals surface area contributed by atoms with Crippen LogP contribution in [0, 0.1) is 0 Å². The SMILES string of the molecule is CCNC(=NCC(O)c1ccncc1)NCCOC1CCCCCC1.I. The second-order valence-corrected chi connectivity index (χ2v) is 6.43. The molecule has 0 aromatic carbocycles. The van der Waals surface area contributed by atoms with Gasteiger partial charge in [-0.1, -0.05) is 25.7 Å². The summed E-state index contributed by atoms with van der Waals surface area (Å²) in [6.07, 6.45) is 10.8. The summed E-state index contributed by atoms with van der Waals surface area (Å²) < 4.78 is 5.98. The summed E-state index contributed by atoms with van der Waals surface area (Å²) in [4.78, 5) is 8.42. The molecule has 0 aliphatic heterocycles. The Kier molecular flexibility index (Phi) is 12.6. The predicted octanol–water partition coefficient (Wildman–Crippen LogP) is 3.03. The fraction of sp³-hybridized carbons (Fsp3) is 0.684. The Balaban J connectivity index is 0.00000338. The first-order valence-electron chi connectivity index (χ1n) is 9.51. The molecule has 1 heterocycles. The fourth-order valence-electron chi connectivity index (χ4n) is 3.01. The highest BCUT2D eigenvalue weighted by Gasteiger charge is 2.12. The number of aliphatic hydroxyl groups excluding tert-OH is 1. The van der Waals surface area contributed by atoms with Crippen LogP contribution in [0.25, 0.3) is 0 Å². The molecule has 1 atom stereocenters. The first-order chi connectivity index (χ1) is 12.3. The van der Waals surface area contributed by atoms with Crippen LogP contribution in [0.15, 0.2) is 29.5 Å². The van der Waals surface area contributed by atoms with Gasteiger partial charge in [-0.25, -0.2) is 0 Å². The van der Waals surface area contributed by atoms with Crippen LogP contribution >= 0.6 is 24.0 Å². The molecule has 1 unspecified atom stereocenters. The van der Waals surface area contributed by atoms with E-state index in [1.165, 1.54) is 38.5 Å². The van der Waals surface area contributed by atoms with Gasteiger partial charge in [0.2, 0.25) is 0 Å². The summed E-state index contributed by atoms with van der Waals surface area (Å²) in [6.45, 7) is 4.51. The number of aliphatic hydroxyl groups is 1. The van der Waals surface area contributed by atoms with Gasteiger partial charge in [0.15, 0.2) is 5.96 Å². The van der Waals surface area contributed by atoms with Crippen molar-refractivity contribution in [2.45, 2.75) is 57.7 Å². The zero-order valence-electron chi connectivity index (χ0n) is 15.7. The molecular formula is C19H33IN4O2. The smallest absolute Gasteiger partial charge is 0.191 e. The number of aliphatic imine (C=N–C) groups is 1. The van der Waals surface area contributed by atoms with Crippen LogP contribution in [0.3, 0.4) is 0 Å². The standard InChI is InChI=1S/C19H32N4O2.HI/c1-2-21-19(23-15-18(24)16-9-11-20-12-10-16)22-13-14-25-17-7-5-3-4-6-8-17;/h9-12,17-18,24H,2-8,13-15H2,1H3,(H2,21,22,23);1H. The van der Waals surface area contributed by atoms with Crippen molar-refractivity contribution in [1.82, 2.24) is 15.6 Å². The summed E-state index contributed by atoms with van der Waals surface area (Å²) in [7, 11) is 0. The summed E-state index contributed by atoms with van der Waals surface area (Å²) in [5.74, 6) is 0.708. The van der Waals surface area contributed by atoms with E-state index in [1.54, 1.807) is 24.5 Å². The molecule has 1 aromatic heterocycles. The fourth-order valence-corrected chi connectivity index (χ4v) is 3.01. The van der Waals surface area contributed by atoms with Gasteiger partial charge in [0, 0.05) is 25.5 Å². The number of pyridine rings is 1. The van der Waals surface area contributed by atoms with Crippen LogP contribution in [-0.4, -0.2) is 48.4 Å². The number of halogens is 1. The van der Waals surface area contributed by atoms with E-state index in [0.29, 0.717) is 31.8 Å². The minimum Gasteiger partial charge on any atom is -0.386 e. The highest BCUT2D eigenvalue weighted by Crippen LogP contribution is 2.19. The van der Waals surface area contributed by atoms with Crippen LogP contribution < -0.4 is 10.6 Å². The normalized spacial score (nSPS) is 17.1. The van der Waals surface area contributed by atoms with Gasteiger partial charge >= 0.3 is 0 Å². The van der Waals surface area contributed by atoms with Crippen molar-refractivity contribution in [1.29, 1.82) is 0 Å². The molecular weight excluding hydrogens is 443 g/mol. The van der Waals surface area contributed by atoms with E-state index in [2.05, 4.69) is 20.6 Å². The zero-order chi connectivity index (χ0) is 17.7. The Bertz CT molecular complexity index is 494. The summed E-state index contributed by atoms with van der Waals surface area (Å²) in [5.41, 5.74) is 0.825. The molecule has 3 N–H and O–H groups in total. The van der Waals surface area contributed by atoms with E-state index in [4.69, 9.17) is 4.74 Å². The van der Waals surface area contributed by atoms with Crippen molar-refractivity contribution >= 4 is 29.9 Å². The molecule has 0 spiro atoms. The van der Waals surface area contributed by atoms with Crippen LogP contribution in [0.4, 0.5) is 0 Å². The molecule has 1 aliphatic rings. The summed E-state index contributed by atoms with van der Waals surface area (Å²) >= 11 is 0. The third kappa shape index (κ3) is 9.14. The van der Waals surface area contributed by atoms with E-state index in [9.17, 15) is 5.11 Å². The average Bonchev–Trinajstić information content (AvgIpc) is 2.92. The van der Waals surface area contributed by atoms with E-state index in [1.807, 2.05) is 6.92 Å². The number of guanidine groups is 1. The highest BCUT2D eigenvalue weighted by molar-refractivity contribution is 14.0. The maximum absolute atomic E-state index is 10.2. The van der Waals surface area contributed by atoms with Crippen LogP contribution in [-0.2, 0) is 4.74 Å². The van der Waals surface area contributed by atoms with Crippen LogP contribution in [0.2, 0.25) is 0 Å². The van der Waals surface area contributed by atoms with Crippen molar-refractivity contribution in [3.05, 3.63) is 30.1 Å². The third-order valence-electron chi connectivity index (χ3n) is 4.41. The molecule has 1 aromatic rings. The topological polar surface area (TPSA) is 78.8 Å². The largest absolute Gasteiger partial charge is 0.386 e. The maximum Gasteiger partial charge on any atom is 0.191 e. The maximum atomic E-state index is 10.2. The predicted molar refractivity (Wildman–Crippen MR) is 116 cm³/mol. The zero-order valence-corrected chi connectivity index (χ0v) is 18.0. The Labute approximate surface area is 174 Å². The first-order valence-corrected chi connectivity index (χ1v) is 9.51. The number of nitrogens with zero attached hydrogens (tertiary/aromatic N) is 2. The lowest BCUT2D eigenvalue weighted by molar-refractivity contribution is 0.0468. The minimum absolute atomic E-state index is 0. The summed E-state index contributed by atoms with van der Waals surface area (Å²) in [5, 5.41) is 16.7. The molecule has 0 saturated heterocycles. The number of rotatable bonds is 8. The lowest BCUT2D eigenvalue weighted by Crippen LogP contribution is -2.39. The molecule has 1 fully saturated rings. The molecule has 1 aliphatic carbocycles. The van der Waals surface area contributed by atoms with E-state index >= 15 is 0 Å². The van der Waals surface area contributed by atoms with Gasteiger partial charge < -0.3 is 20.5 Å².